The van der Waals surface area contributed by atoms with Crippen LogP contribution in [0.3, 0.4) is 0 Å². The van der Waals surface area contributed by atoms with Crippen molar-refractivity contribution in [1.82, 2.24) is 16.0 Å². The summed E-state index contributed by atoms with van der Waals surface area (Å²) in [6, 6.07) is 13.7. The number of esters is 3. The molecular weight excluding hydrogens is 913 g/mol. The summed E-state index contributed by atoms with van der Waals surface area (Å²) in [5.74, 6) is -4.31. The van der Waals surface area contributed by atoms with Crippen LogP contribution < -0.4 is 21.7 Å². The van der Waals surface area contributed by atoms with E-state index in [4.69, 9.17) is 25.1 Å². The Kier molecular flexibility index (Phi) is 19.2. The summed E-state index contributed by atoms with van der Waals surface area (Å²) in [5.41, 5.74) is 6.89. The monoisotopic (exact) mass is 989 g/mol. The molecule has 71 heavy (non-hydrogen) atoms. The summed E-state index contributed by atoms with van der Waals surface area (Å²) in [5, 5.41) is 41.8. The van der Waals surface area contributed by atoms with Crippen LogP contribution in [0.2, 0.25) is 0 Å². The van der Waals surface area contributed by atoms with Crippen LogP contribution in [0.5, 0.6) is 0 Å². The summed E-state index contributed by atoms with van der Waals surface area (Å²) in [7, 11) is 1.39. The number of carbonyl (C=O) groups excluding carboxylic acids is 6. The quantitative estimate of drug-likeness (QED) is 0.0579. The topological polar surface area (TPSA) is 270 Å². The van der Waals surface area contributed by atoms with Gasteiger partial charge in [0.05, 0.1) is 25.4 Å². The number of carboxylic acids is 1. The van der Waals surface area contributed by atoms with Gasteiger partial charge in [0, 0.05) is 31.7 Å². The van der Waals surface area contributed by atoms with Crippen molar-refractivity contribution in [2.45, 2.75) is 167 Å². The van der Waals surface area contributed by atoms with Crippen LogP contribution in [0.4, 0.5) is 0 Å². The van der Waals surface area contributed by atoms with E-state index in [-0.39, 0.29) is 98.3 Å². The van der Waals surface area contributed by atoms with Crippen molar-refractivity contribution >= 4 is 41.6 Å². The predicted molar refractivity (Wildman–Crippen MR) is 260 cm³/mol. The summed E-state index contributed by atoms with van der Waals surface area (Å²) in [6.07, 6.45) is 3.00. The fourth-order valence-corrected chi connectivity index (χ4v) is 12.9. The number of amides is 3. The van der Waals surface area contributed by atoms with E-state index in [1.165, 1.54) is 7.11 Å². The number of nitrogens with two attached hydrogens (primary N) is 1. The Morgan fingerprint density at radius 3 is 1.83 bits per heavy atom. The second-order valence-electron chi connectivity index (χ2n) is 21.2. The molecule has 0 aromatic heterocycles. The number of aliphatic hydroxyl groups is 2. The van der Waals surface area contributed by atoms with Crippen LogP contribution >= 0.6 is 0 Å². The van der Waals surface area contributed by atoms with Gasteiger partial charge < -0.3 is 51.2 Å². The van der Waals surface area contributed by atoms with Crippen LogP contribution in [0.15, 0.2) is 60.7 Å². The lowest BCUT2D eigenvalue weighted by molar-refractivity contribution is -0.202. The maximum absolute atomic E-state index is 14.4. The normalized spacial score (nSPS) is 29.3. The number of fused-ring (bicyclic) bond motifs is 5. The van der Waals surface area contributed by atoms with Crippen LogP contribution in [0.1, 0.15) is 128 Å². The van der Waals surface area contributed by atoms with E-state index in [2.05, 4.69) is 36.7 Å². The first-order chi connectivity index (χ1) is 33.8. The minimum Gasteiger partial charge on any atom is -0.481 e. The third-order valence-corrected chi connectivity index (χ3v) is 17.0. The van der Waals surface area contributed by atoms with Gasteiger partial charge in [0.1, 0.15) is 25.3 Å². The zero-order valence-electron chi connectivity index (χ0n) is 41.7. The number of methoxy groups -OCH3 is 1. The molecule has 6 rings (SSSR count). The van der Waals surface area contributed by atoms with E-state index in [0.717, 1.165) is 30.4 Å². The molecule has 0 saturated heterocycles. The summed E-state index contributed by atoms with van der Waals surface area (Å²) in [6.45, 7) is 6.60. The highest BCUT2D eigenvalue weighted by atomic mass is 16.5. The number of aliphatic hydroxyl groups excluding tert-OH is 2. The molecule has 3 amide bonds. The molecule has 4 unspecified atom stereocenters. The number of nitrogens with one attached hydrogen (secondary N) is 3. The zero-order valence-corrected chi connectivity index (χ0v) is 41.7. The van der Waals surface area contributed by atoms with Gasteiger partial charge in [-0.1, -0.05) is 81.4 Å². The summed E-state index contributed by atoms with van der Waals surface area (Å²) in [4.78, 5) is 91.1. The number of rotatable bonds is 23. The summed E-state index contributed by atoms with van der Waals surface area (Å²) >= 11 is 0. The van der Waals surface area contributed by atoms with Gasteiger partial charge in [-0.25, -0.2) is 0 Å². The Labute approximate surface area is 417 Å². The van der Waals surface area contributed by atoms with Crippen molar-refractivity contribution in [3.63, 3.8) is 0 Å². The fourth-order valence-electron chi connectivity index (χ4n) is 12.9. The van der Waals surface area contributed by atoms with Crippen molar-refractivity contribution in [2.24, 2.45) is 52.1 Å². The van der Waals surface area contributed by atoms with Gasteiger partial charge in [-0.05, 0) is 128 Å². The number of carboxylic acid groups (broad SMARTS) is 1. The van der Waals surface area contributed by atoms with E-state index in [1.807, 2.05) is 24.3 Å². The van der Waals surface area contributed by atoms with Crippen molar-refractivity contribution in [2.75, 3.05) is 7.11 Å². The Balaban J connectivity index is 1.14. The third kappa shape index (κ3) is 13.8. The van der Waals surface area contributed by atoms with Crippen molar-refractivity contribution in [1.29, 1.82) is 0 Å². The molecule has 4 saturated carbocycles. The molecule has 4 fully saturated rings. The number of carbonyl (C=O) groups is 7. The number of hydrogen-bond donors (Lipinski definition) is 7. The maximum Gasteiger partial charge on any atom is 0.306 e. The van der Waals surface area contributed by atoms with E-state index >= 15 is 0 Å². The Morgan fingerprint density at radius 2 is 1.25 bits per heavy atom. The number of hydrogen-bond acceptors (Lipinski definition) is 13. The van der Waals surface area contributed by atoms with Crippen molar-refractivity contribution < 1.29 is 63.1 Å². The van der Waals surface area contributed by atoms with E-state index in [9.17, 15) is 43.8 Å². The first kappa shape index (κ1) is 54.9. The van der Waals surface area contributed by atoms with E-state index < -0.39 is 77.8 Å². The lowest BCUT2D eigenvalue weighted by atomic mass is 9.43. The molecule has 2 aromatic carbocycles. The average Bonchev–Trinajstić information content (AvgIpc) is 3.72. The smallest absolute Gasteiger partial charge is 0.306 e. The van der Waals surface area contributed by atoms with Gasteiger partial charge in [-0.15, -0.1) is 0 Å². The van der Waals surface area contributed by atoms with Gasteiger partial charge in [-0.3, -0.25) is 33.6 Å². The van der Waals surface area contributed by atoms with Crippen molar-refractivity contribution in [3.8, 4) is 0 Å². The van der Waals surface area contributed by atoms with Crippen LogP contribution in [0.25, 0.3) is 0 Å². The Morgan fingerprint density at radius 1 is 0.690 bits per heavy atom. The van der Waals surface area contributed by atoms with E-state index in [1.54, 1.807) is 36.4 Å². The Bertz CT molecular complexity index is 2160. The Hall–Kier alpha value is -5.39. The molecular formula is C54H76N4O13. The standard InChI is InChI=1S/C54H76N4O13/c1-32(15-22-46(63)69-4)37-16-17-38-49-39(29-44(60)54(37,38)3)53(2)26-25-36(27-35(53)28-43(49)59)56-51(67)41(19-23-47(64)70-30-33-11-7-5-8-12-33)58-52(68)42(57-50(66)40(55)18-21-45(61)62)20-24-48(65)71-31-34-13-9-6-10-14-34/h5-14,32,35-44,49,59-60H,15-31,55H2,1-4H3,(H,56,67)(H,57,66)(H,58,68)(H,61,62)/t32?,35-,36-,37+,38-,39-,40?,41?,42?,43+,44-,49-,53-,54+/m0/s1. The van der Waals surface area contributed by atoms with Gasteiger partial charge >= 0.3 is 23.9 Å². The minimum atomic E-state index is -1.40. The van der Waals surface area contributed by atoms with Crippen molar-refractivity contribution in [3.05, 3.63) is 71.8 Å². The lowest BCUT2D eigenvalue weighted by Gasteiger charge is -2.63. The van der Waals surface area contributed by atoms with Crippen LogP contribution in [0, 0.1) is 46.3 Å². The molecule has 0 radical (unpaired) electrons. The first-order valence-corrected chi connectivity index (χ1v) is 25.5. The number of ether oxygens (including phenoxy) is 3. The number of aliphatic carboxylic acids is 1. The molecule has 17 nitrogen and oxygen atoms in total. The minimum absolute atomic E-state index is 0.000660. The molecule has 0 spiro atoms. The molecule has 0 bridgehead atoms. The van der Waals surface area contributed by atoms with Gasteiger partial charge in [0.15, 0.2) is 0 Å². The predicted octanol–water partition coefficient (Wildman–Crippen LogP) is 4.87. The van der Waals surface area contributed by atoms with Crippen LogP contribution in [-0.2, 0) is 61.0 Å². The number of benzene rings is 2. The van der Waals surface area contributed by atoms with E-state index in [0.29, 0.717) is 38.5 Å². The SMILES string of the molecule is COC(=O)CCC(C)[C@H]1CC[C@H]2[C@@H]3[C@H](O)C[C@@H]4C[C@@H](NC(=O)C(CCC(=O)OCc5ccccc5)NC(=O)C(CCC(=O)OCc5ccccc5)NC(=O)C(N)CCC(=O)O)CC[C@]4(C)[C@H]3C[C@H](O)[C@]12C. The molecule has 8 N–H and O–H groups in total. The van der Waals surface area contributed by atoms with Gasteiger partial charge in [0.2, 0.25) is 17.7 Å². The first-order valence-electron chi connectivity index (χ1n) is 25.5. The molecule has 17 heteroatoms. The third-order valence-electron chi connectivity index (χ3n) is 17.0. The second kappa shape index (κ2) is 24.8. The average molecular weight is 989 g/mol. The maximum atomic E-state index is 14.4. The molecule has 0 aliphatic heterocycles. The fraction of sp³-hybridized carbons (Fsp3) is 0.648. The highest BCUT2D eigenvalue weighted by Crippen LogP contribution is 2.68. The zero-order chi connectivity index (χ0) is 51.5. The van der Waals surface area contributed by atoms with Gasteiger partial charge in [0.25, 0.3) is 0 Å². The molecule has 14 atom stereocenters. The molecule has 390 valence electrons. The lowest BCUT2D eigenvalue weighted by Crippen LogP contribution is -2.63. The largest absolute Gasteiger partial charge is 0.481 e. The summed E-state index contributed by atoms with van der Waals surface area (Å²) < 4.78 is 15.8. The van der Waals surface area contributed by atoms with Crippen LogP contribution in [-0.4, -0.2) is 100 Å². The molecule has 4 aliphatic rings. The second-order valence-corrected chi connectivity index (χ2v) is 21.2. The molecule has 0 heterocycles. The molecule has 2 aromatic rings. The highest BCUT2D eigenvalue weighted by molar-refractivity contribution is 5.93. The highest BCUT2D eigenvalue weighted by Gasteiger charge is 2.65. The molecule has 4 aliphatic carbocycles. The van der Waals surface area contributed by atoms with Gasteiger partial charge in [-0.2, -0.15) is 0 Å².